The molecule has 0 radical (unpaired) electrons. The summed E-state index contributed by atoms with van der Waals surface area (Å²) in [6.07, 6.45) is 3.77. The Morgan fingerprint density at radius 1 is 1.11 bits per heavy atom. The number of rotatable bonds is 6. The van der Waals surface area contributed by atoms with Crippen molar-refractivity contribution in [2.24, 2.45) is 0 Å². The van der Waals surface area contributed by atoms with Crippen molar-refractivity contribution in [2.75, 3.05) is 6.54 Å². The van der Waals surface area contributed by atoms with Crippen molar-refractivity contribution in [2.45, 2.75) is 51.2 Å². The molecule has 0 saturated heterocycles. The van der Waals surface area contributed by atoms with Crippen LogP contribution in [0.4, 0.5) is 9.18 Å². The molecule has 1 aromatic carbocycles. The van der Waals surface area contributed by atoms with Gasteiger partial charge in [0, 0.05) is 11.6 Å². The van der Waals surface area contributed by atoms with E-state index in [0.717, 1.165) is 44.2 Å². The molecule has 1 aliphatic rings. The van der Waals surface area contributed by atoms with Crippen molar-refractivity contribution in [3.8, 4) is 0 Å². The number of imide groups is 1. The Morgan fingerprint density at radius 3 is 2.39 bits per heavy atom. The fourth-order valence-corrected chi connectivity index (χ4v) is 2.83. The molecule has 1 aromatic rings. The third kappa shape index (κ3) is 6.98. The van der Waals surface area contributed by atoms with E-state index < -0.39 is 42.3 Å². The van der Waals surface area contributed by atoms with Gasteiger partial charge in [0.05, 0.1) is 0 Å². The molecule has 0 bridgehead atoms. The predicted molar refractivity (Wildman–Crippen MR) is 97.8 cm³/mol. The summed E-state index contributed by atoms with van der Waals surface area (Å²) < 4.78 is 17.7. The molecule has 152 valence electrons. The monoisotopic (exact) mass is 393 g/mol. The Kier molecular flexibility index (Phi) is 7.91. The summed E-state index contributed by atoms with van der Waals surface area (Å²) in [5.74, 6) is -2.67. The molecule has 9 heteroatoms. The van der Waals surface area contributed by atoms with Gasteiger partial charge in [0.1, 0.15) is 12.4 Å². The molecule has 0 aliphatic heterocycles. The first-order chi connectivity index (χ1) is 13.3. The average Bonchev–Trinajstić information content (AvgIpc) is 2.67. The van der Waals surface area contributed by atoms with Crippen LogP contribution < -0.4 is 16.0 Å². The zero-order chi connectivity index (χ0) is 20.5. The van der Waals surface area contributed by atoms with Gasteiger partial charge in [-0.15, -0.1) is 0 Å². The number of urea groups is 1. The molecule has 0 unspecified atom stereocenters. The Hall–Kier alpha value is -2.97. The fraction of sp³-hybridized carbons (Fsp3) is 0.474. The summed E-state index contributed by atoms with van der Waals surface area (Å²) in [5, 5.41) is 7.17. The highest BCUT2D eigenvalue weighted by Gasteiger charge is 2.22. The minimum Gasteiger partial charge on any atom is -0.451 e. The molecule has 28 heavy (non-hydrogen) atoms. The fourth-order valence-electron chi connectivity index (χ4n) is 2.83. The van der Waals surface area contributed by atoms with E-state index in [2.05, 4.69) is 16.0 Å². The van der Waals surface area contributed by atoms with Crippen LogP contribution in [0.25, 0.3) is 0 Å². The van der Waals surface area contributed by atoms with Gasteiger partial charge in [0.2, 0.25) is 0 Å². The molecule has 1 aliphatic carbocycles. The second kappa shape index (κ2) is 10.4. The van der Waals surface area contributed by atoms with E-state index in [0.29, 0.717) is 0 Å². The Bertz CT molecular complexity index is 717. The third-order valence-electron chi connectivity index (χ3n) is 4.35. The van der Waals surface area contributed by atoms with Crippen molar-refractivity contribution in [3.63, 3.8) is 0 Å². The number of carbonyl (C=O) groups excluding carboxylic acids is 4. The van der Waals surface area contributed by atoms with E-state index >= 15 is 0 Å². The summed E-state index contributed by atoms with van der Waals surface area (Å²) in [6, 6.07) is 4.22. The molecule has 0 spiro atoms. The number of hydrogen-bond donors (Lipinski definition) is 3. The Balaban J connectivity index is 1.70. The van der Waals surface area contributed by atoms with E-state index in [9.17, 15) is 23.6 Å². The molecular weight excluding hydrogens is 369 g/mol. The van der Waals surface area contributed by atoms with Crippen LogP contribution in [0, 0.1) is 5.82 Å². The number of carbonyl (C=O) groups is 4. The van der Waals surface area contributed by atoms with Crippen LogP contribution in [0.3, 0.4) is 0 Å². The van der Waals surface area contributed by atoms with Gasteiger partial charge in [-0.3, -0.25) is 19.7 Å². The van der Waals surface area contributed by atoms with Gasteiger partial charge in [-0.1, -0.05) is 19.3 Å². The first-order valence-electron chi connectivity index (χ1n) is 9.19. The number of hydrogen-bond acceptors (Lipinski definition) is 5. The number of amides is 4. The van der Waals surface area contributed by atoms with Gasteiger partial charge in [0.25, 0.3) is 11.8 Å². The summed E-state index contributed by atoms with van der Waals surface area (Å²) >= 11 is 0. The maximum atomic E-state index is 12.8. The molecule has 3 N–H and O–H groups in total. The molecule has 1 atom stereocenters. The standard InChI is InChI=1S/C19H24FN3O5/c1-12(17(25)23-19(27)22-15-5-3-2-4-6-15)28-16(24)11-21-18(26)13-7-9-14(20)10-8-13/h7-10,12,15H,2-6,11H2,1H3,(H,21,26)(H2,22,23,25,27)/t12-/m1/s1. The highest BCUT2D eigenvalue weighted by atomic mass is 19.1. The zero-order valence-electron chi connectivity index (χ0n) is 15.6. The highest BCUT2D eigenvalue weighted by molar-refractivity contribution is 5.98. The van der Waals surface area contributed by atoms with Gasteiger partial charge in [-0.05, 0) is 44.0 Å². The lowest BCUT2D eigenvalue weighted by Gasteiger charge is -2.23. The minimum atomic E-state index is -1.20. The molecule has 8 nitrogen and oxygen atoms in total. The average molecular weight is 393 g/mol. The number of nitrogens with one attached hydrogen (secondary N) is 3. The van der Waals surface area contributed by atoms with Gasteiger partial charge in [-0.25, -0.2) is 9.18 Å². The van der Waals surface area contributed by atoms with Crippen LogP contribution in [-0.4, -0.2) is 42.5 Å². The number of halogens is 1. The maximum Gasteiger partial charge on any atom is 0.326 e. The summed E-state index contributed by atoms with van der Waals surface area (Å²) in [5.41, 5.74) is 0.180. The van der Waals surface area contributed by atoms with E-state index in [1.807, 2.05) is 0 Å². The third-order valence-corrected chi connectivity index (χ3v) is 4.35. The topological polar surface area (TPSA) is 114 Å². The van der Waals surface area contributed by atoms with Crippen LogP contribution >= 0.6 is 0 Å². The second-order valence-corrected chi connectivity index (χ2v) is 6.62. The molecule has 4 amide bonds. The van der Waals surface area contributed by atoms with Gasteiger partial charge in [-0.2, -0.15) is 0 Å². The zero-order valence-corrected chi connectivity index (χ0v) is 15.6. The van der Waals surface area contributed by atoms with Gasteiger partial charge >= 0.3 is 12.0 Å². The normalized spacial score (nSPS) is 15.2. The van der Waals surface area contributed by atoms with Crippen molar-refractivity contribution >= 4 is 23.8 Å². The lowest BCUT2D eigenvalue weighted by molar-refractivity contribution is -0.153. The molecule has 2 rings (SSSR count). The van der Waals surface area contributed by atoms with E-state index in [1.54, 1.807) is 0 Å². The van der Waals surface area contributed by atoms with Gasteiger partial charge in [0.15, 0.2) is 6.10 Å². The summed E-state index contributed by atoms with van der Waals surface area (Å²) in [4.78, 5) is 47.4. The summed E-state index contributed by atoms with van der Waals surface area (Å²) in [6.45, 7) is 0.852. The smallest absolute Gasteiger partial charge is 0.326 e. The van der Waals surface area contributed by atoms with Crippen molar-refractivity contribution in [1.29, 1.82) is 0 Å². The van der Waals surface area contributed by atoms with E-state index in [-0.39, 0.29) is 11.6 Å². The largest absolute Gasteiger partial charge is 0.451 e. The molecular formula is C19H24FN3O5. The molecule has 1 fully saturated rings. The predicted octanol–water partition coefficient (Wildman–Crippen LogP) is 1.65. The van der Waals surface area contributed by atoms with E-state index in [1.165, 1.54) is 19.1 Å². The van der Waals surface area contributed by atoms with Crippen LogP contribution in [0.1, 0.15) is 49.4 Å². The molecule has 1 saturated carbocycles. The van der Waals surface area contributed by atoms with Gasteiger partial charge < -0.3 is 15.4 Å². The SMILES string of the molecule is C[C@@H](OC(=O)CNC(=O)c1ccc(F)cc1)C(=O)NC(=O)NC1CCCCC1. The quantitative estimate of drug-likeness (QED) is 0.636. The minimum absolute atomic E-state index is 0.0427. The number of benzene rings is 1. The Morgan fingerprint density at radius 2 is 1.75 bits per heavy atom. The van der Waals surface area contributed by atoms with Crippen LogP contribution in [0.5, 0.6) is 0 Å². The lowest BCUT2D eigenvalue weighted by atomic mass is 9.96. The van der Waals surface area contributed by atoms with Crippen molar-refractivity contribution in [1.82, 2.24) is 16.0 Å². The summed E-state index contributed by atoms with van der Waals surface area (Å²) in [7, 11) is 0. The maximum absolute atomic E-state index is 12.8. The van der Waals surface area contributed by atoms with E-state index in [4.69, 9.17) is 4.74 Å². The molecule has 0 heterocycles. The first kappa shape index (κ1) is 21.3. The van der Waals surface area contributed by atoms with Crippen molar-refractivity contribution < 1.29 is 28.3 Å². The number of ether oxygens (including phenoxy) is 1. The lowest BCUT2D eigenvalue weighted by Crippen LogP contribution is -2.48. The van der Waals surface area contributed by atoms with Crippen LogP contribution in [0.2, 0.25) is 0 Å². The first-order valence-corrected chi connectivity index (χ1v) is 9.19. The molecule has 0 aromatic heterocycles. The number of esters is 1. The Labute approximate surface area is 162 Å². The highest BCUT2D eigenvalue weighted by Crippen LogP contribution is 2.17. The van der Waals surface area contributed by atoms with Crippen LogP contribution in [0.15, 0.2) is 24.3 Å². The van der Waals surface area contributed by atoms with Crippen molar-refractivity contribution in [3.05, 3.63) is 35.6 Å². The van der Waals surface area contributed by atoms with Crippen LogP contribution in [-0.2, 0) is 14.3 Å². The second-order valence-electron chi connectivity index (χ2n) is 6.62.